The lowest BCUT2D eigenvalue weighted by Crippen LogP contribution is -1.95. The van der Waals surface area contributed by atoms with Crippen LogP contribution in [0, 0.1) is 0 Å². The van der Waals surface area contributed by atoms with Gasteiger partial charge in [0, 0.05) is 12.5 Å². The minimum Gasteiger partial charge on any atom is -0.377 e. The molecular weight excluding hydrogens is 232 g/mol. The number of ether oxygens (including phenoxy) is 1. The highest BCUT2D eigenvalue weighted by atomic mass is 35.5. The van der Waals surface area contributed by atoms with Gasteiger partial charge in [0.15, 0.2) is 0 Å². The quantitative estimate of drug-likeness (QED) is 0.374. The molecule has 0 saturated carbocycles. The molecule has 1 aromatic rings. The van der Waals surface area contributed by atoms with Crippen molar-refractivity contribution in [3.8, 4) is 0 Å². The second kappa shape index (κ2) is 9.26. The van der Waals surface area contributed by atoms with Crippen molar-refractivity contribution in [2.75, 3.05) is 12.5 Å². The minimum atomic E-state index is 0.710. The third kappa shape index (κ3) is 7.19. The highest BCUT2D eigenvalue weighted by Gasteiger charge is 1.93. The summed E-state index contributed by atoms with van der Waals surface area (Å²) in [7, 11) is 0. The van der Waals surface area contributed by atoms with E-state index in [-0.39, 0.29) is 0 Å². The normalized spacial score (nSPS) is 11.8. The van der Waals surface area contributed by atoms with Gasteiger partial charge in [0.05, 0.1) is 6.61 Å². The van der Waals surface area contributed by atoms with Gasteiger partial charge in [-0.2, -0.15) is 0 Å². The molecule has 0 N–H and O–H groups in total. The summed E-state index contributed by atoms with van der Waals surface area (Å²) < 4.78 is 5.62. The molecule has 0 fully saturated rings. The van der Waals surface area contributed by atoms with Gasteiger partial charge < -0.3 is 4.74 Å². The van der Waals surface area contributed by atoms with Crippen LogP contribution in [0.3, 0.4) is 0 Å². The van der Waals surface area contributed by atoms with E-state index in [0.717, 1.165) is 25.9 Å². The van der Waals surface area contributed by atoms with E-state index in [2.05, 4.69) is 25.1 Å². The zero-order valence-electron chi connectivity index (χ0n) is 10.5. The first kappa shape index (κ1) is 14.3. The van der Waals surface area contributed by atoms with Crippen molar-refractivity contribution < 1.29 is 4.74 Å². The van der Waals surface area contributed by atoms with Gasteiger partial charge in [-0.15, -0.1) is 11.6 Å². The van der Waals surface area contributed by atoms with Crippen LogP contribution in [0.15, 0.2) is 42.0 Å². The van der Waals surface area contributed by atoms with Crippen LogP contribution in [0.2, 0.25) is 0 Å². The Balaban J connectivity index is 2.05. The summed E-state index contributed by atoms with van der Waals surface area (Å²) in [5.41, 5.74) is 2.65. The van der Waals surface area contributed by atoms with Gasteiger partial charge in [-0.05, 0) is 31.7 Å². The maximum Gasteiger partial charge on any atom is 0.0716 e. The topological polar surface area (TPSA) is 9.23 Å². The second-order valence-electron chi connectivity index (χ2n) is 4.17. The standard InChI is InChI=1S/C15H21ClO/c1-14(7-5-11-16)8-6-12-17-13-15-9-3-2-4-10-15/h2-4,7,9-10H,5-6,8,11-13H2,1H3/b14-7-. The van der Waals surface area contributed by atoms with E-state index >= 15 is 0 Å². The van der Waals surface area contributed by atoms with Gasteiger partial charge in [0.1, 0.15) is 0 Å². The van der Waals surface area contributed by atoms with Crippen LogP contribution in [-0.4, -0.2) is 12.5 Å². The number of halogens is 1. The number of benzene rings is 1. The van der Waals surface area contributed by atoms with E-state index in [0.29, 0.717) is 12.5 Å². The van der Waals surface area contributed by atoms with Crippen LogP contribution >= 0.6 is 11.6 Å². The van der Waals surface area contributed by atoms with Gasteiger partial charge >= 0.3 is 0 Å². The molecule has 17 heavy (non-hydrogen) atoms. The maximum absolute atomic E-state index is 5.63. The number of alkyl halides is 1. The van der Waals surface area contributed by atoms with Crippen LogP contribution in [0.25, 0.3) is 0 Å². The molecule has 0 aromatic heterocycles. The Labute approximate surface area is 109 Å². The van der Waals surface area contributed by atoms with Crippen LogP contribution < -0.4 is 0 Å². The molecule has 0 saturated heterocycles. The SMILES string of the molecule is C/C(=C/CCCl)CCCOCc1ccccc1. The summed E-state index contributed by atoms with van der Waals surface area (Å²) in [6.45, 7) is 3.69. The third-order valence-corrected chi connectivity index (χ3v) is 2.79. The summed E-state index contributed by atoms with van der Waals surface area (Å²) in [4.78, 5) is 0. The van der Waals surface area contributed by atoms with Crippen LogP contribution in [0.4, 0.5) is 0 Å². The first-order chi connectivity index (χ1) is 8.33. The Morgan fingerprint density at radius 3 is 2.76 bits per heavy atom. The van der Waals surface area contributed by atoms with Crippen LogP contribution in [-0.2, 0) is 11.3 Å². The molecule has 0 amide bonds. The minimum absolute atomic E-state index is 0.710. The van der Waals surface area contributed by atoms with E-state index in [9.17, 15) is 0 Å². The Morgan fingerprint density at radius 2 is 2.06 bits per heavy atom. The molecule has 1 aromatic carbocycles. The van der Waals surface area contributed by atoms with Gasteiger partial charge in [-0.3, -0.25) is 0 Å². The molecule has 0 aliphatic carbocycles. The lowest BCUT2D eigenvalue weighted by molar-refractivity contribution is 0.118. The summed E-state index contributed by atoms with van der Waals surface area (Å²) in [5.74, 6) is 0.710. The molecule has 2 heteroatoms. The lowest BCUT2D eigenvalue weighted by Gasteiger charge is -2.04. The van der Waals surface area contributed by atoms with Crippen molar-refractivity contribution in [3.05, 3.63) is 47.5 Å². The largest absolute Gasteiger partial charge is 0.377 e. The summed E-state index contributed by atoms with van der Waals surface area (Å²) in [6, 6.07) is 10.3. The van der Waals surface area contributed by atoms with Gasteiger partial charge in [-0.25, -0.2) is 0 Å². The molecule has 94 valence electrons. The predicted molar refractivity (Wildman–Crippen MR) is 74.4 cm³/mol. The summed E-state index contributed by atoms with van der Waals surface area (Å²) >= 11 is 5.63. The first-order valence-corrected chi connectivity index (χ1v) is 6.69. The zero-order valence-corrected chi connectivity index (χ0v) is 11.2. The Kier molecular flexibility index (Phi) is 7.78. The van der Waals surface area contributed by atoms with Crippen LogP contribution in [0.1, 0.15) is 31.7 Å². The Morgan fingerprint density at radius 1 is 1.29 bits per heavy atom. The highest BCUT2D eigenvalue weighted by Crippen LogP contribution is 2.07. The fourth-order valence-electron chi connectivity index (χ4n) is 1.62. The highest BCUT2D eigenvalue weighted by molar-refractivity contribution is 6.17. The fourth-order valence-corrected chi connectivity index (χ4v) is 1.73. The molecule has 1 rings (SSSR count). The van der Waals surface area contributed by atoms with Crippen LogP contribution in [0.5, 0.6) is 0 Å². The smallest absolute Gasteiger partial charge is 0.0716 e. The lowest BCUT2D eigenvalue weighted by atomic mass is 10.1. The summed E-state index contributed by atoms with van der Waals surface area (Å²) in [5, 5.41) is 0. The van der Waals surface area contributed by atoms with E-state index in [1.165, 1.54) is 11.1 Å². The van der Waals surface area contributed by atoms with E-state index in [1.807, 2.05) is 18.2 Å². The first-order valence-electron chi connectivity index (χ1n) is 6.16. The molecular formula is C15H21ClO. The molecule has 0 bridgehead atoms. The molecule has 0 aliphatic heterocycles. The monoisotopic (exact) mass is 252 g/mol. The molecule has 0 aliphatic rings. The number of allylic oxidation sites excluding steroid dienone is 2. The van der Waals surface area contributed by atoms with Gasteiger partial charge in [-0.1, -0.05) is 42.0 Å². The predicted octanol–water partition coefficient (Wildman–Crippen LogP) is 4.56. The van der Waals surface area contributed by atoms with E-state index in [1.54, 1.807) is 0 Å². The van der Waals surface area contributed by atoms with Crippen molar-refractivity contribution in [1.29, 1.82) is 0 Å². The third-order valence-electron chi connectivity index (χ3n) is 2.57. The molecule has 0 unspecified atom stereocenters. The fraction of sp³-hybridized carbons (Fsp3) is 0.467. The average molecular weight is 253 g/mol. The second-order valence-corrected chi connectivity index (χ2v) is 4.55. The van der Waals surface area contributed by atoms with Crippen molar-refractivity contribution >= 4 is 11.6 Å². The zero-order chi connectivity index (χ0) is 12.3. The summed E-state index contributed by atoms with van der Waals surface area (Å²) in [6.07, 6.45) is 5.37. The van der Waals surface area contributed by atoms with Crippen molar-refractivity contribution in [3.63, 3.8) is 0 Å². The average Bonchev–Trinajstić information content (AvgIpc) is 2.37. The Bertz CT molecular complexity index is 319. The van der Waals surface area contributed by atoms with Crippen molar-refractivity contribution in [2.24, 2.45) is 0 Å². The molecule has 0 spiro atoms. The maximum atomic E-state index is 5.63. The molecule has 1 nitrogen and oxygen atoms in total. The molecule has 0 radical (unpaired) electrons. The number of hydrogen-bond acceptors (Lipinski definition) is 1. The van der Waals surface area contributed by atoms with E-state index < -0.39 is 0 Å². The van der Waals surface area contributed by atoms with E-state index in [4.69, 9.17) is 16.3 Å². The Hall–Kier alpha value is -0.790. The van der Waals surface area contributed by atoms with Crippen molar-refractivity contribution in [1.82, 2.24) is 0 Å². The van der Waals surface area contributed by atoms with Gasteiger partial charge in [0.25, 0.3) is 0 Å². The van der Waals surface area contributed by atoms with Gasteiger partial charge in [0.2, 0.25) is 0 Å². The molecule has 0 atom stereocenters. The number of rotatable bonds is 8. The van der Waals surface area contributed by atoms with Crippen molar-refractivity contribution in [2.45, 2.75) is 32.8 Å². The number of hydrogen-bond donors (Lipinski definition) is 0. The molecule has 0 heterocycles.